The van der Waals surface area contributed by atoms with Crippen LogP contribution in [0.15, 0.2) is 36.7 Å². The van der Waals surface area contributed by atoms with Gasteiger partial charge in [0.15, 0.2) is 0 Å². The SMILES string of the molecule is CNC(c1cccc2ccncc12)C1CCCCC1. The molecule has 1 aromatic carbocycles. The van der Waals surface area contributed by atoms with E-state index >= 15 is 0 Å². The fourth-order valence-electron chi connectivity index (χ4n) is 3.52. The molecule has 0 radical (unpaired) electrons. The van der Waals surface area contributed by atoms with E-state index in [2.05, 4.69) is 41.6 Å². The van der Waals surface area contributed by atoms with Gasteiger partial charge in [-0.3, -0.25) is 4.98 Å². The maximum atomic E-state index is 4.31. The highest BCUT2D eigenvalue weighted by Gasteiger charge is 2.24. The third-order valence-corrected chi connectivity index (χ3v) is 4.48. The van der Waals surface area contributed by atoms with Gasteiger partial charge >= 0.3 is 0 Å². The molecule has 1 aliphatic rings. The summed E-state index contributed by atoms with van der Waals surface area (Å²) in [5.41, 5.74) is 1.42. The predicted molar refractivity (Wildman–Crippen MR) is 80.1 cm³/mol. The topological polar surface area (TPSA) is 24.9 Å². The Bertz CT molecular complexity index is 538. The highest BCUT2D eigenvalue weighted by atomic mass is 14.9. The molecule has 0 bridgehead atoms. The molecule has 1 saturated carbocycles. The Morgan fingerprint density at radius 2 is 2.00 bits per heavy atom. The molecule has 0 aliphatic heterocycles. The Morgan fingerprint density at radius 1 is 1.16 bits per heavy atom. The lowest BCUT2D eigenvalue weighted by Gasteiger charge is -2.31. The summed E-state index contributed by atoms with van der Waals surface area (Å²) in [6, 6.07) is 9.18. The van der Waals surface area contributed by atoms with Crippen molar-refractivity contribution in [1.29, 1.82) is 0 Å². The molecular formula is C17H22N2. The molecule has 1 aromatic heterocycles. The number of hydrogen-bond donors (Lipinski definition) is 1. The van der Waals surface area contributed by atoms with Crippen LogP contribution < -0.4 is 5.32 Å². The van der Waals surface area contributed by atoms with E-state index < -0.39 is 0 Å². The third kappa shape index (κ3) is 2.50. The Balaban J connectivity index is 2.00. The van der Waals surface area contributed by atoms with Gasteiger partial charge in [0.25, 0.3) is 0 Å². The summed E-state index contributed by atoms with van der Waals surface area (Å²) in [5.74, 6) is 0.768. The Labute approximate surface area is 115 Å². The molecular weight excluding hydrogens is 232 g/mol. The minimum absolute atomic E-state index is 0.466. The van der Waals surface area contributed by atoms with Crippen molar-refractivity contribution in [2.24, 2.45) is 5.92 Å². The third-order valence-electron chi connectivity index (χ3n) is 4.48. The summed E-state index contributed by atoms with van der Waals surface area (Å²) in [5, 5.41) is 6.15. The average molecular weight is 254 g/mol. The highest BCUT2D eigenvalue weighted by molar-refractivity contribution is 5.85. The second-order valence-electron chi connectivity index (χ2n) is 5.61. The van der Waals surface area contributed by atoms with E-state index in [9.17, 15) is 0 Å². The van der Waals surface area contributed by atoms with Crippen LogP contribution in [0.4, 0.5) is 0 Å². The van der Waals surface area contributed by atoms with Crippen LogP contribution in [0.2, 0.25) is 0 Å². The molecule has 2 heteroatoms. The van der Waals surface area contributed by atoms with Crippen LogP contribution in [0.1, 0.15) is 43.7 Å². The summed E-state index contributed by atoms with van der Waals surface area (Å²) < 4.78 is 0. The van der Waals surface area contributed by atoms with Crippen LogP contribution in [-0.4, -0.2) is 12.0 Å². The second-order valence-corrected chi connectivity index (χ2v) is 5.61. The van der Waals surface area contributed by atoms with Crippen molar-refractivity contribution in [1.82, 2.24) is 10.3 Å². The number of nitrogens with zero attached hydrogens (tertiary/aromatic N) is 1. The lowest BCUT2D eigenvalue weighted by Crippen LogP contribution is -2.27. The minimum Gasteiger partial charge on any atom is -0.313 e. The zero-order chi connectivity index (χ0) is 13.1. The van der Waals surface area contributed by atoms with Crippen molar-refractivity contribution in [2.75, 3.05) is 7.05 Å². The fourth-order valence-corrected chi connectivity index (χ4v) is 3.52. The quantitative estimate of drug-likeness (QED) is 0.893. The zero-order valence-electron chi connectivity index (χ0n) is 11.6. The average Bonchev–Trinajstić information content (AvgIpc) is 2.49. The van der Waals surface area contributed by atoms with Crippen LogP contribution in [0, 0.1) is 5.92 Å². The van der Waals surface area contributed by atoms with Gasteiger partial charge < -0.3 is 5.32 Å². The van der Waals surface area contributed by atoms with Crippen molar-refractivity contribution in [3.63, 3.8) is 0 Å². The molecule has 1 heterocycles. The number of pyridine rings is 1. The first-order valence-corrected chi connectivity index (χ1v) is 7.40. The van der Waals surface area contributed by atoms with Crippen molar-refractivity contribution >= 4 is 10.8 Å². The molecule has 1 N–H and O–H groups in total. The van der Waals surface area contributed by atoms with Gasteiger partial charge in [0.1, 0.15) is 0 Å². The summed E-state index contributed by atoms with van der Waals surface area (Å²) >= 11 is 0. The van der Waals surface area contributed by atoms with Gasteiger partial charge in [-0.05, 0) is 42.8 Å². The van der Waals surface area contributed by atoms with E-state index in [4.69, 9.17) is 0 Å². The zero-order valence-corrected chi connectivity index (χ0v) is 11.6. The lowest BCUT2D eigenvalue weighted by molar-refractivity contribution is 0.283. The van der Waals surface area contributed by atoms with Crippen LogP contribution in [0.3, 0.4) is 0 Å². The van der Waals surface area contributed by atoms with E-state index in [0.717, 1.165) is 5.92 Å². The van der Waals surface area contributed by atoms with E-state index in [0.29, 0.717) is 6.04 Å². The number of nitrogens with one attached hydrogen (secondary N) is 1. The molecule has 1 unspecified atom stereocenters. The summed E-state index contributed by atoms with van der Waals surface area (Å²) in [4.78, 5) is 4.31. The molecule has 0 saturated heterocycles. The molecule has 1 fully saturated rings. The summed E-state index contributed by atoms with van der Waals surface area (Å²) in [6.45, 7) is 0. The number of aromatic nitrogens is 1. The van der Waals surface area contributed by atoms with Crippen LogP contribution in [-0.2, 0) is 0 Å². The van der Waals surface area contributed by atoms with Gasteiger partial charge in [-0.15, -0.1) is 0 Å². The van der Waals surface area contributed by atoms with Crippen molar-refractivity contribution in [3.8, 4) is 0 Å². The first kappa shape index (κ1) is 12.6. The molecule has 19 heavy (non-hydrogen) atoms. The molecule has 1 atom stereocenters. The molecule has 1 aliphatic carbocycles. The molecule has 0 spiro atoms. The summed E-state index contributed by atoms with van der Waals surface area (Å²) in [6.07, 6.45) is 10.8. The number of benzene rings is 1. The Hall–Kier alpha value is -1.41. The van der Waals surface area contributed by atoms with E-state index in [-0.39, 0.29) is 0 Å². The van der Waals surface area contributed by atoms with Gasteiger partial charge in [-0.1, -0.05) is 37.5 Å². The van der Waals surface area contributed by atoms with Crippen LogP contribution in [0.5, 0.6) is 0 Å². The lowest BCUT2D eigenvalue weighted by atomic mass is 9.80. The number of fused-ring (bicyclic) bond motifs is 1. The molecule has 2 nitrogen and oxygen atoms in total. The normalized spacial score (nSPS) is 18.6. The van der Waals surface area contributed by atoms with Gasteiger partial charge in [-0.25, -0.2) is 0 Å². The monoisotopic (exact) mass is 254 g/mol. The molecule has 2 aromatic rings. The van der Waals surface area contributed by atoms with Gasteiger partial charge in [0.05, 0.1) is 0 Å². The van der Waals surface area contributed by atoms with E-state index in [1.807, 2.05) is 12.4 Å². The molecule has 3 rings (SSSR count). The van der Waals surface area contributed by atoms with Crippen LogP contribution >= 0.6 is 0 Å². The highest BCUT2D eigenvalue weighted by Crippen LogP contribution is 2.36. The Kier molecular flexibility index (Phi) is 3.79. The number of hydrogen-bond acceptors (Lipinski definition) is 2. The first-order chi connectivity index (χ1) is 9.40. The van der Waals surface area contributed by atoms with Crippen LogP contribution in [0.25, 0.3) is 10.8 Å². The van der Waals surface area contributed by atoms with E-state index in [1.165, 1.54) is 48.4 Å². The molecule has 0 amide bonds. The van der Waals surface area contributed by atoms with E-state index in [1.54, 1.807) is 0 Å². The predicted octanol–water partition coefficient (Wildman–Crippen LogP) is 4.08. The second kappa shape index (κ2) is 5.70. The van der Waals surface area contributed by atoms with Crippen molar-refractivity contribution < 1.29 is 0 Å². The Morgan fingerprint density at radius 3 is 2.79 bits per heavy atom. The van der Waals surface area contributed by atoms with Gasteiger partial charge in [0, 0.05) is 23.8 Å². The van der Waals surface area contributed by atoms with Gasteiger partial charge in [-0.2, -0.15) is 0 Å². The summed E-state index contributed by atoms with van der Waals surface area (Å²) in [7, 11) is 2.09. The van der Waals surface area contributed by atoms with Gasteiger partial charge in [0.2, 0.25) is 0 Å². The van der Waals surface area contributed by atoms with Crippen molar-refractivity contribution in [2.45, 2.75) is 38.1 Å². The molecule has 100 valence electrons. The maximum Gasteiger partial charge on any atom is 0.0352 e. The smallest absolute Gasteiger partial charge is 0.0352 e. The minimum atomic E-state index is 0.466. The van der Waals surface area contributed by atoms with Crippen molar-refractivity contribution in [3.05, 3.63) is 42.2 Å². The largest absolute Gasteiger partial charge is 0.313 e. The fraction of sp³-hybridized carbons (Fsp3) is 0.471. The maximum absolute atomic E-state index is 4.31. The number of rotatable bonds is 3. The first-order valence-electron chi connectivity index (χ1n) is 7.40. The standard InChI is InChI=1S/C17H22N2/c1-18-17(14-6-3-2-4-7-14)15-9-5-8-13-10-11-19-12-16(13)15/h5,8-12,14,17-18H,2-4,6-7H2,1H3.